The van der Waals surface area contributed by atoms with E-state index in [2.05, 4.69) is 15.9 Å². The Morgan fingerprint density at radius 2 is 2.07 bits per heavy atom. The van der Waals surface area contributed by atoms with Crippen LogP contribution in [0.5, 0.6) is 0 Å². The quantitative estimate of drug-likeness (QED) is 0.894. The third-order valence-electron chi connectivity index (χ3n) is 1.99. The van der Waals surface area contributed by atoms with E-state index in [4.69, 9.17) is 5.11 Å². The molecule has 0 bridgehead atoms. The predicted octanol–water partition coefficient (Wildman–Crippen LogP) is 3.72. The van der Waals surface area contributed by atoms with Gasteiger partial charge in [-0.1, -0.05) is 20.8 Å². The molecule has 0 aromatic carbocycles. The molecule has 0 radical (unpaired) electrons. The second kappa shape index (κ2) is 4.03. The molecule has 0 aliphatic heterocycles. The van der Waals surface area contributed by atoms with Crippen LogP contribution in [0.3, 0.4) is 0 Å². The fourth-order valence-corrected chi connectivity index (χ4v) is 3.16. The number of hydrogen-bond acceptors (Lipinski definition) is 2. The van der Waals surface area contributed by atoms with Crippen LogP contribution in [-0.4, -0.2) is 11.1 Å². The van der Waals surface area contributed by atoms with Gasteiger partial charge in [-0.25, -0.2) is 0 Å². The Morgan fingerprint density at radius 3 is 2.36 bits per heavy atom. The van der Waals surface area contributed by atoms with Crippen LogP contribution >= 0.6 is 27.3 Å². The molecule has 78 valence electrons. The SMILES string of the molecule is CC(C)(C)C(C(=O)O)c1ccc(Br)s1. The molecule has 1 atom stereocenters. The van der Waals surface area contributed by atoms with Crippen LogP contribution in [-0.2, 0) is 4.79 Å². The lowest BCUT2D eigenvalue weighted by atomic mass is 9.80. The van der Waals surface area contributed by atoms with Gasteiger partial charge in [0.2, 0.25) is 0 Å². The Hall–Kier alpha value is -0.350. The number of thiophene rings is 1. The summed E-state index contributed by atoms with van der Waals surface area (Å²) < 4.78 is 0.975. The van der Waals surface area contributed by atoms with Gasteiger partial charge >= 0.3 is 5.97 Å². The minimum absolute atomic E-state index is 0.254. The van der Waals surface area contributed by atoms with Crippen molar-refractivity contribution in [3.05, 3.63) is 20.8 Å². The van der Waals surface area contributed by atoms with Crippen LogP contribution in [0.4, 0.5) is 0 Å². The van der Waals surface area contributed by atoms with E-state index < -0.39 is 11.9 Å². The lowest BCUT2D eigenvalue weighted by Gasteiger charge is -2.25. The minimum atomic E-state index is -0.758. The standard InChI is InChI=1S/C10H13BrO2S/c1-10(2,3)8(9(12)13)6-4-5-7(11)14-6/h4-5,8H,1-3H3,(H,12,13). The van der Waals surface area contributed by atoms with Crippen LogP contribution in [0.25, 0.3) is 0 Å². The first-order valence-electron chi connectivity index (χ1n) is 4.30. The smallest absolute Gasteiger partial charge is 0.312 e. The van der Waals surface area contributed by atoms with Gasteiger partial charge in [-0.2, -0.15) is 0 Å². The average Bonchev–Trinajstić information content (AvgIpc) is 2.31. The molecule has 0 fully saturated rings. The van der Waals surface area contributed by atoms with Crippen molar-refractivity contribution in [2.45, 2.75) is 26.7 Å². The molecule has 14 heavy (non-hydrogen) atoms. The lowest BCUT2D eigenvalue weighted by molar-refractivity contribution is -0.141. The maximum absolute atomic E-state index is 11.1. The number of aliphatic carboxylic acids is 1. The third kappa shape index (κ3) is 2.58. The molecular formula is C10H13BrO2S. The first-order valence-corrected chi connectivity index (χ1v) is 5.91. The normalized spacial score (nSPS) is 14.0. The summed E-state index contributed by atoms with van der Waals surface area (Å²) in [6.45, 7) is 5.83. The number of carbonyl (C=O) groups is 1. The first kappa shape index (κ1) is 11.7. The zero-order valence-electron chi connectivity index (χ0n) is 8.37. The van der Waals surface area contributed by atoms with Crippen LogP contribution in [0, 0.1) is 5.41 Å². The van der Waals surface area contributed by atoms with E-state index in [1.165, 1.54) is 11.3 Å². The Labute approximate surface area is 96.1 Å². The highest BCUT2D eigenvalue weighted by molar-refractivity contribution is 9.11. The van der Waals surface area contributed by atoms with Gasteiger partial charge in [0, 0.05) is 4.88 Å². The Bertz CT molecular complexity index is 338. The molecule has 1 aromatic rings. The van der Waals surface area contributed by atoms with Crippen LogP contribution in [0.15, 0.2) is 15.9 Å². The second-order valence-electron chi connectivity index (χ2n) is 4.28. The zero-order chi connectivity index (χ0) is 10.9. The van der Waals surface area contributed by atoms with Gasteiger partial charge in [-0.15, -0.1) is 11.3 Å². The van der Waals surface area contributed by atoms with Crippen molar-refractivity contribution >= 4 is 33.2 Å². The molecule has 0 amide bonds. The van der Waals surface area contributed by atoms with Crippen molar-refractivity contribution < 1.29 is 9.90 Å². The highest BCUT2D eigenvalue weighted by atomic mass is 79.9. The highest BCUT2D eigenvalue weighted by Gasteiger charge is 2.33. The van der Waals surface area contributed by atoms with Crippen molar-refractivity contribution in [3.8, 4) is 0 Å². The van der Waals surface area contributed by atoms with Gasteiger partial charge in [-0.05, 0) is 33.5 Å². The summed E-state index contributed by atoms with van der Waals surface area (Å²) in [5.74, 6) is -1.19. The van der Waals surface area contributed by atoms with Gasteiger partial charge in [0.05, 0.1) is 9.70 Å². The Morgan fingerprint density at radius 1 is 1.50 bits per heavy atom. The van der Waals surface area contributed by atoms with Crippen molar-refractivity contribution in [1.29, 1.82) is 0 Å². The highest BCUT2D eigenvalue weighted by Crippen LogP contribution is 2.39. The summed E-state index contributed by atoms with van der Waals surface area (Å²) in [4.78, 5) is 12.0. The number of hydrogen-bond donors (Lipinski definition) is 1. The minimum Gasteiger partial charge on any atom is -0.481 e. The molecule has 1 aromatic heterocycles. The monoisotopic (exact) mass is 276 g/mol. The van der Waals surface area contributed by atoms with Crippen LogP contribution in [0.2, 0.25) is 0 Å². The zero-order valence-corrected chi connectivity index (χ0v) is 10.8. The average molecular weight is 277 g/mol. The number of carboxylic acids is 1. The predicted molar refractivity (Wildman–Crippen MR) is 61.9 cm³/mol. The summed E-state index contributed by atoms with van der Waals surface area (Å²) in [7, 11) is 0. The summed E-state index contributed by atoms with van der Waals surface area (Å²) in [6.07, 6.45) is 0. The van der Waals surface area contributed by atoms with Gasteiger partial charge < -0.3 is 5.11 Å². The molecule has 0 saturated carbocycles. The molecule has 0 spiro atoms. The molecule has 2 nitrogen and oxygen atoms in total. The van der Waals surface area contributed by atoms with Crippen LogP contribution in [0.1, 0.15) is 31.6 Å². The van der Waals surface area contributed by atoms with Crippen molar-refractivity contribution in [1.82, 2.24) is 0 Å². The van der Waals surface area contributed by atoms with E-state index in [0.717, 1.165) is 8.66 Å². The fraction of sp³-hybridized carbons (Fsp3) is 0.500. The topological polar surface area (TPSA) is 37.3 Å². The summed E-state index contributed by atoms with van der Waals surface area (Å²) in [5, 5.41) is 9.16. The Balaban J connectivity index is 3.07. The van der Waals surface area contributed by atoms with E-state index in [0.29, 0.717) is 0 Å². The van der Waals surface area contributed by atoms with E-state index in [1.807, 2.05) is 32.9 Å². The third-order valence-corrected chi connectivity index (χ3v) is 3.68. The molecule has 0 saturated heterocycles. The maximum atomic E-state index is 11.1. The van der Waals surface area contributed by atoms with E-state index in [-0.39, 0.29) is 5.41 Å². The van der Waals surface area contributed by atoms with E-state index in [9.17, 15) is 4.79 Å². The Kier molecular flexibility index (Phi) is 3.37. The van der Waals surface area contributed by atoms with Crippen molar-refractivity contribution in [2.75, 3.05) is 0 Å². The molecule has 1 unspecified atom stereocenters. The number of rotatable bonds is 2. The number of carboxylic acid groups (broad SMARTS) is 1. The summed E-state index contributed by atoms with van der Waals surface area (Å²) in [5.41, 5.74) is -0.254. The van der Waals surface area contributed by atoms with Gasteiger partial charge in [0.25, 0.3) is 0 Å². The summed E-state index contributed by atoms with van der Waals surface area (Å²) >= 11 is 4.83. The van der Waals surface area contributed by atoms with Crippen LogP contribution < -0.4 is 0 Å². The van der Waals surface area contributed by atoms with Gasteiger partial charge in [0.1, 0.15) is 0 Å². The molecule has 1 rings (SSSR count). The molecule has 4 heteroatoms. The first-order chi connectivity index (χ1) is 6.32. The number of halogens is 1. The van der Waals surface area contributed by atoms with Crippen molar-refractivity contribution in [2.24, 2.45) is 5.41 Å². The fourth-order valence-electron chi connectivity index (χ4n) is 1.40. The van der Waals surface area contributed by atoms with Gasteiger partial charge in [-0.3, -0.25) is 4.79 Å². The molecule has 0 aliphatic rings. The molecule has 1 heterocycles. The van der Waals surface area contributed by atoms with E-state index in [1.54, 1.807) is 0 Å². The second-order valence-corrected chi connectivity index (χ2v) is 6.77. The molecule has 1 N–H and O–H groups in total. The molecular weight excluding hydrogens is 264 g/mol. The summed E-state index contributed by atoms with van der Waals surface area (Å²) in [6, 6.07) is 3.76. The van der Waals surface area contributed by atoms with Crippen molar-refractivity contribution in [3.63, 3.8) is 0 Å². The largest absolute Gasteiger partial charge is 0.481 e. The van der Waals surface area contributed by atoms with Gasteiger partial charge in [0.15, 0.2) is 0 Å². The molecule has 0 aliphatic carbocycles. The van der Waals surface area contributed by atoms with E-state index >= 15 is 0 Å². The lowest BCUT2D eigenvalue weighted by Crippen LogP contribution is -2.25. The maximum Gasteiger partial charge on any atom is 0.312 e.